The standard InChI is InChI=1S/C17H12Cl2N4O2S2/c18-10-8-20-22(17(25)16(10)19)9-15(24)23-12(14-4-2-6-27-14)7-11(21-23)13-3-1-5-26-13/h1-6,8,12H,7,9H2/t12-/m1/s1. The Morgan fingerprint density at radius 1 is 1.22 bits per heavy atom. The van der Waals surface area contributed by atoms with Gasteiger partial charge in [0, 0.05) is 11.3 Å². The third-order valence-corrected chi connectivity index (χ3v) is 6.71. The Morgan fingerprint density at radius 2 is 2.00 bits per heavy atom. The zero-order chi connectivity index (χ0) is 19.0. The molecule has 0 aliphatic carbocycles. The first kappa shape index (κ1) is 18.4. The van der Waals surface area contributed by atoms with Gasteiger partial charge in [0.2, 0.25) is 0 Å². The van der Waals surface area contributed by atoms with E-state index in [2.05, 4.69) is 10.2 Å². The van der Waals surface area contributed by atoms with Gasteiger partial charge < -0.3 is 0 Å². The van der Waals surface area contributed by atoms with Crippen molar-refractivity contribution in [3.8, 4) is 0 Å². The van der Waals surface area contributed by atoms with Crippen molar-refractivity contribution < 1.29 is 4.79 Å². The summed E-state index contributed by atoms with van der Waals surface area (Å²) in [7, 11) is 0. The number of thiophene rings is 2. The van der Waals surface area contributed by atoms with Crippen LogP contribution in [0.2, 0.25) is 10.0 Å². The maximum Gasteiger partial charge on any atom is 0.287 e. The number of halogens is 2. The average molecular weight is 439 g/mol. The third-order valence-electron chi connectivity index (χ3n) is 4.07. The van der Waals surface area contributed by atoms with Gasteiger partial charge in [-0.05, 0) is 22.9 Å². The molecular formula is C17H12Cl2N4O2S2. The van der Waals surface area contributed by atoms with Crippen LogP contribution in [-0.4, -0.2) is 26.4 Å². The highest BCUT2D eigenvalue weighted by atomic mass is 35.5. The van der Waals surface area contributed by atoms with E-state index >= 15 is 0 Å². The van der Waals surface area contributed by atoms with Crippen LogP contribution in [0.4, 0.5) is 0 Å². The summed E-state index contributed by atoms with van der Waals surface area (Å²) in [4.78, 5) is 27.2. The zero-order valence-electron chi connectivity index (χ0n) is 13.7. The lowest BCUT2D eigenvalue weighted by molar-refractivity contribution is -0.133. The van der Waals surface area contributed by atoms with Crippen LogP contribution in [0.15, 0.2) is 51.1 Å². The Hall–Kier alpha value is -2.00. The van der Waals surface area contributed by atoms with Gasteiger partial charge in [0.15, 0.2) is 0 Å². The van der Waals surface area contributed by atoms with E-state index in [1.807, 2.05) is 35.0 Å². The molecule has 4 heterocycles. The zero-order valence-corrected chi connectivity index (χ0v) is 16.9. The van der Waals surface area contributed by atoms with Crippen LogP contribution in [-0.2, 0) is 11.3 Å². The third kappa shape index (κ3) is 3.58. The van der Waals surface area contributed by atoms with Gasteiger partial charge in [-0.2, -0.15) is 10.2 Å². The maximum atomic E-state index is 12.9. The van der Waals surface area contributed by atoms with Crippen LogP contribution in [0.5, 0.6) is 0 Å². The lowest BCUT2D eigenvalue weighted by Crippen LogP contribution is -2.35. The minimum atomic E-state index is -0.605. The quantitative estimate of drug-likeness (QED) is 0.616. The molecule has 0 fully saturated rings. The molecule has 1 atom stereocenters. The molecule has 0 saturated heterocycles. The maximum absolute atomic E-state index is 12.9. The number of carbonyl (C=O) groups excluding carboxylic acids is 1. The highest BCUT2D eigenvalue weighted by Crippen LogP contribution is 2.36. The fourth-order valence-electron chi connectivity index (χ4n) is 2.79. The van der Waals surface area contributed by atoms with E-state index in [1.54, 1.807) is 22.7 Å². The van der Waals surface area contributed by atoms with Crippen LogP contribution < -0.4 is 5.56 Å². The van der Waals surface area contributed by atoms with Crippen molar-refractivity contribution >= 4 is 57.5 Å². The Labute approximate surface area is 172 Å². The van der Waals surface area contributed by atoms with Crippen LogP contribution in [0.3, 0.4) is 0 Å². The molecule has 1 aliphatic rings. The molecule has 3 aromatic rings. The van der Waals surface area contributed by atoms with Gasteiger partial charge in [0.1, 0.15) is 11.6 Å². The van der Waals surface area contributed by atoms with Crippen molar-refractivity contribution in [3.63, 3.8) is 0 Å². The summed E-state index contributed by atoms with van der Waals surface area (Å²) in [6.07, 6.45) is 1.87. The molecule has 0 saturated carbocycles. The fourth-order valence-corrected chi connectivity index (χ4v) is 4.60. The lowest BCUT2D eigenvalue weighted by Gasteiger charge is -2.20. The van der Waals surface area contributed by atoms with Gasteiger partial charge in [-0.1, -0.05) is 35.3 Å². The summed E-state index contributed by atoms with van der Waals surface area (Å²) in [5.41, 5.74) is 0.248. The molecule has 0 unspecified atom stereocenters. The fraction of sp³-hybridized carbons (Fsp3) is 0.176. The van der Waals surface area contributed by atoms with Crippen molar-refractivity contribution in [1.82, 2.24) is 14.8 Å². The van der Waals surface area contributed by atoms with Crippen molar-refractivity contribution in [3.05, 3.63) is 71.4 Å². The van der Waals surface area contributed by atoms with E-state index < -0.39 is 5.56 Å². The van der Waals surface area contributed by atoms with Gasteiger partial charge in [-0.3, -0.25) is 9.59 Å². The lowest BCUT2D eigenvalue weighted by atomic mass is 10.1. The minimum absolute atomic E-state index is 0.0565. The number of hydrazone groups is 1. The monoisotopic (exact) mass is 438 g/mol. The van der Waals surface area contributed by atoms with E-state index in [1.165, 1.54) is 11.2 Å². The number of carbonyl (C=O) groups is 1. The molecule has 4 rings (SSSR count). The second-order valence-corrected chi connectivity index (χ2v) is 8.48. The van der Waals surface area contributed by atoms with Crippen molar-refractivity contribution in [2.75, 3.05) is 0 Å². The molecule has 27 heavy (non-hydrogen) atoms. The number of rotatable bonds is 4. The Bertz CT molecular complexity index is 1060. The summed E-state index contributed by atoms with van der Waals surface area (Å²) in [5.74, 6) is -0.340. The second kappa shape index (κ2) is 7.55. The molecule has 0 aromatic carbocycles. The molecule has 0 spiro atoms. The molecular weight excluding hydrogens is 427 g/mol. The Morgan fingerprint density at radius 3 is 2.70 bits per heavy atom. The van der Waals surface area contributed by atoms with Crippen molar-refractivity contribution in [2.45, 2.75) is 19.0 Å². The van der Waals surface area contributed by atoms with Gasteiger partial charge in [-0.25, -0.2) is 9.69 Å². The van der Waals surface area contributed by atoms with Crippen molar-refractivity contribution in [2.24, 2.45) is 5.10 Å². The molecule has 6 nitrogen and oxygen atoms in total. The summed E-state index contributed by atoms with van der Waals surface area (Å²) >= 11 is 14.8. The Kier molecular flexibility index (Phi) is 5.14. The molecule has 0 radical (unpaired) electrons. The number of amides is 1. The van der Waals surface area contributed by atoms with E-state index in [0.717, 1.165) is 20.1 Å². The SMILES string of the molecule is O=C(Cn1ncc(Cl)c(Cl)c1=O)N1N=C(c2cccs2)C[C@@H]1c1cccs1. The summed E-state index contributed by atoms with van der Waals surface area (Å²) < 4.78 is 1.00. The average Bonchev–Trinajstić information content (AvgIpc) is 3.40. The van der Waals surface area contributed by atoms with Gasteiger partial charge in [0.25, 0.3) is 11.5 Å². The van der Waals surface area contributed by atoms with Crippen LogP contribution in [0.1, 0.15) is 22.2 Å². The molecule has 3 aromatic heterocycles. The van der Waals surface area contributed by atoms with E-state index in [9.17, 15) is 9.59 Å². The summed E-state index contributed by atoms with van der Waals surface area (Å²) in [6, 6.07) is 7.65. The van der Waals surface area contributed by atoms with Gasteiger partial charge in [-0.15, -0.1) is 22.7 Å². The Balaban J connectivity index is 1.65. The second-order valence-electron chi connectivity index (χ2n) is 5.77. The first-order valence-electron chi connectivity index (χ1n) is 7.92. The molecule has 10 heteroatoms. The molecule has 1 amide bonds. The highest BCUT2D eigenvalue weighted by Gasteiger charge is 2.34. The normalized spacial score (nSPS) is 16.6. The smallest absolute Gasteiger partial charge is 0.271 e. The minimum Gasteiger partial charge on any atom is -0.271 e. The first-order valence-corrected chi connectivity index (χ1v) is 10.4. The van der Waals surface area contributed by atoms with Crippen LogP contribution in [0.25, 0.3) is 0 Å². The number of hydrogen-bond donors (Lipinski definition) is 0. The first-order chi connectivity index (χ1) is 13.0. The molecule has 138 valence electrons. The molecule has 0 N–H and O–H groups in total. The van der Waals surface area contributed by atoms with E-state index in [0.29, 0.717) is 6.42 Å². The molecule has 0 bridgehead atoms. The topological polar surface area (TPSA) is 67.6 Å². The van der Waals surface area contributed by atoms with Crippen LogP contribution in [0, 0.1) is 0 Å². The van der Waals surface area contributed by atoms with Crippen molar-refractivity contribution in [1.29, 1.82) is 0 Å². The van der Waals surface area contributed by atoms with Gasteiger partial charge >= 0.3 is 0 Å². The molecule has 1 aliphatic heterocycles. The predicted octanol–water partition coefficient (Wildman–Crippen LogP) is 4.05. The van der Waals surface area contributed by atoms with E-state index in [4.69, 9.17) is 23.2 Å². The largest absolute Gasteiger partial charge is 0.287 e. The predicted molar refractivity (Wildman–Crippen MR) is 108 cm³/mol. The number of hydrogen-bond acceptors (Lipinski definition) is 6. The van der Waals surface area contributed by atoms with Gasteiger partial charge in [0.05, 0.1) is 27.9 Å². The summed E-state index contributed by atoms with van der Waals surface area (Å²) in [6.45, 7) is -0.265. The number of aromatic nitrogens is 2. The van der Waals surface area contributed by atoms with Crippen LogP contribution >= 0.6 is 45.9 Å². The highest BCUT2D eigenvalue weighted by molar-refractivity contribution is 7.12. The van der Waals surface area contributed by atoms with E-state index in [-0.39, 0.29) is 28.5 Å². The number of nitrogens with zero attached hydrogens (tertiary/aromatic N) is 4. The summed E-state index contributed by atoms with van der Waals surface area (Å²) in [5, 5.41) is 13.7.